The van der Waals surface area contributed by atoms with Gasteiger partial charge in [-0.2, -0.15) is 4.80 Å². The molecule has 0 saturated heterocycles. The van der Waals surface area contributed by atoms with E-state index in [2.05, 4.69) is 34.6 Å². The van der Waals surface area contributed by atoms with Gasteiger partial charge >= 0.3 is 0 Å². The number of nitrogens with zero attached hydrogens (tertiary/aromatic N) is 5. The van der Waals surface area contributed by atoms with Crippen molar-refractivity contribution in [2.24, 2.45) is 5.92 Å². The largest absolute Gasteiger partial charge is 0.493 e. The molecule has 0 fully saturated rings. The highest BCUT2D eigenvalue weighted by atomic mass is 16.5. The van der Waals surface area contributed by atoms with Crippen molar-refractivity contribution in [1.82, 2.24) is 25.5 Å². The van der Waals surface area contributed by atoms with Gasteiger partial charge in [0, 0.05) is 17.8 Å². The highest BCUT2D eigenvalue weighted by Gasteiger charge is 2.29. The Bertz CT molecular complexity index is 1190. The third-order valence-corrected chi connectivity index (χ3v) is 5.80. The van der Waals surface area contributed by atoms with Gasteiger partial charge in [-0.3, -0.25) is 14.5 Å². The number of aryl methyl sites for hydroxylation is 1. The Kier molecular flexibility index (Phi) is 8.99. The van der Waals surface area contributed by atoms with Crippen LogP contribution in [0.1, 0.15) is 32.8 Å². The number of hydrogen-bond donors (Lipinski definition) is 1. The molecule has 2 aromatic carbocycles. The van der Waals surface area contributed by atoms with E-state index in [-0.39, 0.29) is 18.4 Å². The van der Waals surface area contributed by atoms with Gasteiger partial charge in [-0.1, -0.05) is 32.0 Å². The average Bonchev–Trinajstić information content (AvgIpc) is 3.32. The number of benzene rings is 2. The van der Waals surface area contributed by atoms with E-state index in [1.807, 2.05) is 31.2 Å². The molecule has 1 atom stereocenters. The number of tetrazole rings is 1. The maximum absolute atomic E-state index is 13.5. The van der Waals surface area contributed by atoms with Crippen LogP contribution in [0, 0.1) is 12.8 Å². The van der Waals surface area contributed by atoms with Crippen molar-refractivity contribution in [3.63, 3.8) is 0 Å². The second kappa shape index (κ2) is 12.1. The molecule has 0 aliphatic carbocycles. The summed E-state index contributed by atoms with van der Waals surface area (Å²) < 4.78 is 10.6. The Morgan fingerprint density at radius 1 is 1.06 bits per heavy atom. The molecule has 0 saturated carbocycles. The van der Waals surface area contributed by atoms with Crippen LogP contribution < -0.4 is 19.7 Å². The second-order valence-corrected chi connectivity index (χ2v) is 8.91. The van der Waals surface area contributed by atoms with Gasteiger partial charge in [-0.25, -0.2) is 0 Å². The van der Waals surface area contributed by atoms with Crippen LogP contribution in [-0.4, -0.2) is 58.8 Å². The van der Waals surface area contributed by atoms with Crippen LogP contribution in [0.15, 0.2) is 42.5 Å². The normalized spacial score (nSPS) is 11.8. The number of rotatable bonds is 11. The molecule has 10 heteroatoms. The van der Waals surface area contributed by atoms with E-state index >= 15 is 0 Å². The first kappa shape index (κ1) is 26.7. The molecule has 3 rings (SSSR count). The molecule has 2 amide bonds. The molecule has 1 heterocycles. The summed E-state index contributed by atoms with van der Waals surface area (Å²) in [6.07, 6.45) is 0.860. The lowest BCUT2D eigenvalue weighted by Crippen LogP contribution is -2.50. The third kappa shape index (κ3) is 6.38. The Morgan fingerprint density at radius 2 is 1.78 bits per heavy atom. The number of ether oxygens (including phenoxy) is 2. The molecule has 36 heavy (non-hydrogen) atoms. The van der Waals surface area contributed by atoms with E-state index in [0.717, 1.165) is 12.0 Å². The first-order valence-electron chi connectivity index (χ1n) is 11.9. The topological polar surface area (TPSA) is 111 Å². The van der Waals surface area contributed by atoms with Gasteiger partial charge in [0.15, 0.2) is 11.5 Å². The van der Waals surface area contributed by atoms with Crippen molar-refractivity contribution in [2.45, 2.75) is 46.7 Å². The number of nitrogens with one attached hydrogen (secondary N) is 1. The fraction of sp³-hybridized carbons (Fsp3) is 0.423. The summed E-state index contributed by atoms with van der Waals surface area (Å²) in [5.41, 5.74) is 2.21. The Balaban J connectivity index is 1.82. The summed E-state index contributed by atoms with van der Waals surface area (Å²) >= 11 is 0. The molecule has 3 aromatic rings. The predicted octanol–water partition coefficient (Wildman–Crippen LogP) is 3.25. The van der Waals surface area contributed by atoms with Crippen LogP contribution in [0.4, 0.5) is 5.69 Å². The maximum Gasteiger partial charge on any atom is 0.251 e. The zero-order valence-electron chi connectivity index (χ0n) is 21.7. The predicted molar refractivity (Wildman–Crippen MR) is 137 cm³/mol. The van der Waals surface area contributed by atoms with Crippen LogP contribution in [0.3, 0.4) is 0 Å². The fourth-order valence-electron chi connectivity index (χ4n) is 3.74. The molecule has 0 unspecified atom stereocenters. The number of para-hydroxylation sites is 1. The van der Waals surface area contributed by atoms with Crippen LogP contribution in [0.5, 0.6) is 11.5 Å². The standard InChI is InChI=1S/C26H34N6O4/c1-17(2)13-14-27-26(34)19(4)32(21-10-8-7-9-18(21)3)24(33)16-31-29-25(28-30-31)20-11-12-22(35-5)23(15-20)36-6/h7-12,15,17,19H,13-14,16H2,1-6H3,(H,27,34)/t19-/m0/s1. The van der Waals surface area contributed by atoms with Crippen molar-refractivity contribution >= 4 is 17.5 Å². The summed E-state index contributed by atoms with van der Waals surface area (Å²) in [4.78, 5) is 29.2. The monoisotopic (exact) mass is 494 g/mol. The summed E-state index contributed by atoms with van der Waals surface area (Å²) in [7, 11) is 3.11. The lowest BCUT2D eigenvalue weighted by Gasteiger charge is -2.29. The SMILES string of the molecule is COc1ccc(-c2nnn(CC(=O)N(c3ccccc3C)[C@@H](C)C(=O)NCCC(C)C)n2)cc1OC. The number of methoxy groups -OCH3 is 2. The van der Waals surface area contributed by atoms with E-state index in [4.69, 9.17) is 9.47 Å². The van der Waals surface area contributed by atoms with E-state index in [9.17, 15) is 9.59 Å². The van der Waals surface area contributed by atoms with Crippen molar-refractivity contribution in [1.29, 1.82) is 0 Å². The van der Waals surface area contributed by atoms with Crippen molar-refractivity contribution in [3.05, 3.63) is 48.0 Å². The maximum atomic E-state index is 13.5. The lowest BCUT2D eigenvalue weighted by atomic mass is 10.1. The van der Waals surface area contributed by atoms with Gasteiger partial charge in [-0.05, 0) is 61.2 Å². The van der Waals surface area contributed by atoms with Crippen LogP contribution in [0.2, 0.25) is 0 Å². The van der Waals surface area contributed by atoms with Gasteiger partial charge in [0.1, 0.15) is 12.6 Å². The molecule has 192 valence electrons. The van der Waals surface area contributed by atoms with Crippen LogP contribution in [0.25, 0.3) is 11.4 Å². The number of amides is 2. The lowest BCUT2D eigenvalue weighted by molar-refractivity contribution is -0.126. The van der Waals surface area contributed by atoms with Gasteiger partial charge in [0.2, 0.25) is 11.7 Å². The Labute approximate surface area is 211 Å². The molecule has 0 radical (unpaired) electrons. The number of hydrogen-bond acceptors (Lipinski definition) is 7. The van der Waals surface area contributed by atoms with Gasteiger partial charge in [0.25, 0.3) is 5.91 Å². The molecule has 10 nitrogen and oxygen atoms in total. The van der Waals surface area contributed by atoms with Gasteiger partial charge in [-0.15, -0.1) is 10.2 Å². The van der Waals surface area contributed by atoms with E-state index in [1.54, 1.807) is 39.3 Å². The number of carbonyl (C=O) groups is 2. The number of carbonyl (C=O) groups excluding carboxylic acids is 2. The van der Waals surface area contributed by atoms with Crippen LogP contribution in [-0.2, 0) is 16.1 Å². The summed E-state index contributed by atoms with van der Waals surface area (Å²) in [5.74, 6) is 1.37. The quantitative estimate of drug-likeness (QED) is 0.435. The van der Waals surface area contributed by atoms with Gasteiger partial charge < -0.3 is 14.8 Å². The molecular weight excluding hydrogens is 460 g/mol. The van der Waals surface area contributed by atoms with E-state index < -0.39 is 6.04 Å². The number of anilines is 1. The Morgan fingerprint density at radius 3 is 2.44 bits per heavy atom. The smallest absolute Gasteiger partial charge is 0.251 e. The minimum atomic E-state index is -0.723. The first-order chi connectivity index (χ1) is 17.2. The summed E-state index contributed by atoms with van der Waals surface area (Å²) in [6, 6.07) is 12.0. The number of aromatic nitrogens is 4. The highest BCUT2D eigenvalue weighted by molar-refractivity contribution is 6.01. The molecule has 1 N–H and O–H groups in total. The summed E-state index contributed by atoms with van der Waals surface area (Å²) in [5, 5.41) is 15.5. The van der Waals surface area contributed by atoms with Crippen molar-refractivity contribution < 1.29 is 19.1 Å². The van der Waals surface area contributed by atoms with Crippen molar-refractivity contribution in [2.75, 3.05) is 25.7 Å². The van der Waals surface area contributed by atoms with Crippen molar-refractivity contribution in [3.8, 4) is 22.9 Å². The average molecular weight is 495 g/mol. The highest BCUT2D eigenvalue weighted by Crippen LogP contribution is 2.30. The third-order valence-electron chi connectivity index (χ3n) is 5.80. The molecule has 0 spiro atoms. The minimum Gasteiger partial charge on any atom is -0.493 e. The molecular formula is C26H34N6O4. The zero-order valence-corrected chi connectivity index (χ0v) is 21.7. The molecule has 0 aliphatic heterocycles. The minimum absolute atomic E-state index is 0.182. The Hall–Kier alpha value is -3.95. The molecule has 1 aromatic heterocycles. The van der Waals surface area contributed by atoms with E-state index in [0.29, 0.717) is 41.0 Å². The summed E-state index contributed by atoms with van der Waals surface area (Å²) in [6.45, 7) is 8.19. The van der Waals surface area contributed by atoms with Gasteiger partial charge in [0.05, 0.1) is 14.2 Å². The zero-order chi connectivity index (χ0) is 26.2. The fourth-order valence-corrected chi connectivity index (χ4v) is 3.74. The van der Waals surface area contributed by atoms with E-state index in [1.165, 1.54) is 9.70 Å². The first-order valence-corrected chi connectivity index (χ1v) is 11.9. The molecule has 0 bridgehead atoms. The van der Waals surface area contributed by atoms with Crippen LogP contribution >= 0.6 is 0 Å². The molecule has 0 aliphatic rings. The second-order valence-electron chi connectivity index (χ2n) is 8.91.